The van der Waals surface area contributed by atoms with E-state index in [0.717, 1.165) is 22.7 Å². The lowest BCUT2D eigenvalue weighted by Crippen LogP contribution is -2.27. The predicted octanol–water partition coefficient (Wildman–Crippen LogP) is 3.26. The lowest BCUT2D eigenvalue weighted by molar-refractivity contribution is -0.116. The Morgan fingerprint density at radius 3 is 2.41 bits per heavy atom. The second kappa shape index (κ2) is 8.38. The second-order valence-electron chi connectivity index (χ2n) is 5.56. The standard InChI is InChI=1S/C18H16FN3O3S2/c19-14-3-7-16(8-4-14)27(24,25)21-10-9-17(23)22-15-5-1-13(2-6-15)18-20-11-12-26-18/h1-8,11-12,21H,9-10H2,(H,22,23). The Balaban J connectivity index is 1.50. The number of sulfonamides is 1. The molecule has 0 radical (unpaired) electrons. The van der Waals surface area contributed by atoms with Gasteiger partial charge in [0.05, 0.1) is 4.90 Å². The summed E-state index contributed by atoms with van der Waals surface area (Å²) in [7, 11) is -3.78. The van der Waals surface area contributed by atoms with Gasteiger partial charge in [0.1, 0.15) is 10.8 Å². The van der Waals surface area contributed by atoms with E-state index in [1.54, 1.807) is 18.3 Å². The van der Waals surface area contributed by atoms with Gasteiger partial charge in [0.15, 0.2) is 0 Å². The van der Waals surface area contributed by atoms with Crippen LogP contribution in [0.15, 0.2) is 65.0 Å². The summed E-state index contributed by atoms with van der Waals surface area (Å²) in [4.78, 5) is 16.1. The number of thiazole rings is 1. The number of nitrogens with one attached hydrogen (secondary N) is 2. The van der Waals surface area contributed by atoms with E-state index in [2.05, 4.69) is 15.0 Å². The van der Waals surface area contributed by atoms with Gasteiger partial charge in [0.2, 0.25) is 15.9 Å². The van der Waals surface area contributed by atoms with E-state index in [4.69, 9.17) is 0 Å². The summed E-state index contributed by atoms with van der Waals surface area (Å²) < 4.78 is 39.3. The third-order valence-electron chi connectivity index (χ3n) is 3.62. The number of benzene rings is 2. The Bertz CT molecular complexity index is 1000. The maximum Gasteiger partial charge on any atom is 0.240 e. The van der Waals surface area contributed by atoms with E-state index in [1.807, 2.05) is 17.5 Å². The van der Waals surface area contributed by atoms with E-state index >= 15 is 0 Å². The molecule has 0 fully saturated rings. The first-order valence-electron chi connectivity index (χ1n) is 7.99. The number of hydrogen-bond donors (Lipinski definition) is 2. The zero-order valence-electron chi connectivity index (χ0n) is 14.1. The molecule has 3 rings (SSSR count). The van der Waals surface area contributed by atoms with Crippen LogP contribution in [-0.2, 0) is 14.8 Å². The number of nitrogens with zero attached hydrogens (tertiary/aromatic N) is 1. The Labute approximate surface area is 160 Å². The Hall–Kier alpha value is -2.62. The first-order chi connectivity index (χ1) is 12.9. The van der Waals surface area contributed by atoms with E-state index in [-0.39, 0.29) is 23.8 Å². The normalized spacial score (nSPS) is 11.3. The smallest absolute Gasteiger partial charge is 0.240 e. The fraction of sp³-hybridized carbons (Fsp3) is 0.111. The molecule has 0 aliphatic carbocycles. The Morgan fingerprint density at radius 2 is 1.78 bits per heavy atom. The monoisotopic (exact) mass is 405 g/mol. The van der Waals surface area contributed by atoms with Crippen molar-refractivity contribution in [1.82, 2.24) is 9.71 Å². The van der Waals surface area contributed by atoms with Crippen molar-refractivity contribution in [1.29, 1.82) is 0 Å². The highest BCUT2D eigenvalue weighted by Crippen LogP contribution is 2.23. The SMILES string of the molecule is O=C(CCNS(=O)(=O)c1ccc(F)cc1)Nc1ccc(-c2nccs2)cc1. The maximum atomic E-state index is 12.9. The fourth-order valence-electron chi connectivity index (χ4n) is 2.28. The average Bonchev–Trinajstić information content (AvgIpc) is 3.17. The van der Waals surface area contributed by atoms with Crippen molar-refractivity contribution in [3.63, 3.8) is 0 Å². The zero-order chi connectivity index (χ0) is 19.3. The summed E-state index contributed by atoms with van der Waals surface area (Å²) in [5, 5.41) is 5.49. The molecule has 0 aliphatic rings. The topological polar surface area (TPSA) is 88.2 Å². The van der Waals surface area contributed by atoms with Gasteiger partial charge in [0.25, 0.3) is 0 Å². The number of hydrogen-bond acceptors (Lipinski definition) is 5. The van der Waals surface area contributed by atoms with E-state index in [1.165, 1.54) is 23.5 Å². The molecule has 6 nitrogen and oxygen atoms in total. The highest BCUT2D eigenvalue weighted by Gasteiger charge is 2.14. The Kier molecular flexibility index (Phi) is 5.94. The van der Waals surface area contributed by atoms with Crippen molar-refractivity contribution in [2.45, 2.75) is 11.3 Å². The lowest BCUT2D eigenvalue weighted by atomic mass is 10.2. The number of rotatable bonds is 7. The molecule has 1 amide bonds. The summed E-state index contributed by atoms with van der Waals surface area (Å²) >= 11 is 1.52. The van der Waals surface area contributed by atoms with Gasteiger partial charge in [-0.15, -0.1) is 11.3 Å². The van der Waals surface area contributed by atoms with Crippen LogP contribution in [0.1, 0.15) is 6.42 Å². The van der Waals surface area contributed by atoms with Crippen LogP contribution in [-0.4, -0.2) is 25.9 Å². The summed E-state index contributed by atoms with van der Waals surface area (Å²) in [6.45, 7) is -0.0667. The van der Waals surface area contributed by atoms with Crippen LogP contribution in [0.25, 0.3) is 10.6 Å². The van der Waals surface area contributed by atoms with Gasteiger partial charge in [-0.1, -0.05) is 0 Å². The summed E-state index contributed by atoms with van der Waals surface area (Å²) in [5.74, 6) is -0.840. The van der Waals surface area contributed by atoms with Crippen LogP contribution in [0.2, 0.25) is 0 Å². The predicted molar refractivity (Wildman–Crippen MR) is 102 cm³/mol. The number of carbonyl (C=O) groups is 1. The first-order valence-corrected chi connectivity index (χ1v) is 10.4. The van der Waals surface area contributed by atoms with Gasteiger partial charge >= 0.3 is 0 Å². The molecule has 0 atom stereocenters. The van der Waals surface area contributed by atoms with Crippen molar-refractivity contribution in [2.75, 3.05) is 11.9 Å². The van der Waals surface area contributed by atoms with Crippen LogP contribution in [0.5, 0.6) is 0 Å². The van der Waals surface area contributed by atoms with Crippen LogP contribution in [0.4, 0.5) is 10.1 Å². The molecule has 0 saturated heterocycles. The first kappa shape index (κ1) is 19.2. The number of carbonyl (C=O) groups excluding carboxylic acids is 1. The van der Waals surface area contributed by atoms with Crippen molar-refractivity contribution >= 4 is 33.0 Å². The van der Waals surface area contributed by atoms with Gasteiger partial charge in [-0.05, 0) is 48.5 Å². The minimum absolute atomic E-state index is 0.0331. The average molecular weight is 405 g/mol. The molecule has 1 aromatic heterocycles. The lowest BCUT2D eigenvalue weighted by Gasteiger charge is -2.08. The molecule has 0 bridgehead atoms. The van der Waals surface area contributed by atoms with Crippen LogP contribution in [0.3, 0.4) is 0 Å². The van der Waals surface area contributed by atoms with Crippen molar-refractivity contribution in [2.24, 2.45) is 0 Å². The van der Waals surface area contributed by atoms with E-state index in [0.29, 0.717) is 5.69 Å². The third-order valence-corrected chi connectivity index (χ3v) is 5.92. The third kappa shape index (κ3) is 5.19. The molecule has 0 saturated carbocycles. The number of halogens is 1. The molecule has 2 N–H and O–H groups in total. The number of amides is 1. The molecule has 27 heavy (non-hydrogen) atoms. The van der Waals surface area contributed by atoms with Crippen LogP contribution in [0, 0.1) is 5.82 Å². The van der Waals surface area contributed by atoms with Crippen LogP contribution < -0.4 is 10.0 Å². The molecular formula is C18H16FN3O3S2. The van der Waals surface area contributed by atoms with Crippen molar-refractivity contribution in [3.8, 4) is 10.6 Å². The molecule has 9 heteroatoms. The second-order valence-corrected chi connectivity index (χ2v) is 8.23. The highest BCUT2D eigenvalue weighted by atomic mass is 32.2. The molecule has 1 heterocycles. The van der Waals surface area contributed by atoms with Gasteiger partial charge < -0.3 is 5.32 Å². The van der Waals surface area contributed by atoms with E-state index < -0.39 is 15.8 Å². The largest absolute Gasteiger partial charge is 0.326 e. The molecule has 0 unspecified atom stereocenters. The number of anilines is 1. The van der Waals surface area contributed by atoms with Gasteiger partial charge in [-0.3, -0.25) is 4.79 Å². The number of aromatic nitrogens is 1. The molecule has 3 aromatic rings. The van der Waals surface area contributed by atoms with Gasteiger partial charge in [-0.25, -0.2) is 22.5 Å². The van der Waals surface area contributed by atoms with Crippen molar-refractivity contribution in [3.05, 3.63) is 65.9 Å². The summed E-state index contributed by atoms with van der Waals surface area (Å²) in [5.41, 5.74) is 1.57. The minimum atomic E-state index is -3.78. The quantitative estimate of drug-likeness (QED) is 0.632. The van der Waals surface area contributed by atoms with Crippen molar-refractivity contribution < 1.29 is 17.6 Å². The summed E-state index contributed by atoms with van der Waals surface area (Å²) in [6, 6.07) is 11.7. The van der Waals surface area contributed by atoms with Gasteiger partial charge in [-0.2, -0.15) is 0 Å². The van der Waals surface area contributed by atoms with Crippen LogP contribution >= 0.6 is 11.3 Å². The molecular weight excluding hydrogens is 389 g/mol. The maximum absolute atomic E-state index is 12.9. The fourth-order valence-corrected chi connectivity index (χ4v) is 3.96. The highest BCUT2D eigenvalue weighted by molar-refractivity contribution is 7.89. The molecule has 2 aromatic carbocycles. The minimum Gasteiger partial charge on any atom is -0.326 e. The zero-order valence-corrected chi connectivity index (χ0v) is 15.7. The Morgan fingerprint density at radius 1 is 1.07 bits per heavy atom. The summed E-state index contributed by atoms with van der Waals surface area (Å²) in [6.07, 6.45) is 1.69. The molecule has 0 spiro atoms. The molecule has 0 aliphatic heterocycles. The molecule has 140 valence electrons. The van der Waals surface area contributed by atoms with Gasteiger partial charge in [0, 0.05) is 35.8 Å². The van der Waals surface area contributed by atoms with E-state index in [9.17, 15) is 17.6 Å².